The smallest absolute Gasteiger partial charge is 0.0407 e. The van der Waals surface area contributed by atoms with Crippen LogP contribution in [0.2, 0.25) is 5.02 Å². The largest absolute Gasteiger partial charge is 0.360 e. The van der Waals surface area contributed by atoms with E-state index >= 15 is 0 Å². The molecule has 1 N–H and O–H groups in total. The lowest BCUT2D eigenvalue weighted by Gasteiger charge is -2.03. The molecule has 1 rings (SSSR count). The highest BCUT2D eigenvalue weighted by atomic mass is 35.5. The van der Waals surface area contributed by atoms with Crippen molar-refractivity contribution in [1.82, 2.24) is 0 Å². The van der Waals surface area contributed by atoms with Crippen LogP contribution in [0.1, 0.15) is 6.92 Å². The van der Waals surface area contributed by atoms with Crippen molar-refractivity contribution >= 4 is 17.3 Å². The maximum Gasteiger partial charge on any atom is 0.0407 e. The first-order valence-electron chi connectivity index (χ1n) is 3.36. The van der Waals surface area contributed by atoms with Gasteiger partial charge >= 0.3 is 0 Å². The summed E-state index contributed by atoms with van der Waals surface area (Å²) in [7, 11) is 0. The van der Waals surface area contributed by atoms with Crippen LogP contribution in [-0.4, -0.2) is 0 Å². The molecular formula is C9H10ClN. The fraction of sp³-hybridized carbons (Fsp3) is 0.111. The van der Waals surface area contributed by atoms with Gasteiger partial charge < -0.3 is 5.32 Å². The van der Waals surface area contributed by atoms with Crippen molar-refractivity contribution in [2.45, 2.75) is 6.92 Å². The van der Waals surface area contributed by atoms with Gasteiger partial charge in [-0.05, 0) is 31.2 Å². The predicted molar refractivity (Wildman–Crippen MR) is 49.9 cm³/mol. The topological polar surface area (TPSA) is 12.0 Å². The molecule has 0 unspecified atom stereocenters. The zero-order valence-corrected chi connectivity index (χ0v) is 7.15. The van der Waals surface area contributed by atoms with Gasteiger partial charge in [0.25, 0.3) is 0 Å². The van der Waals surface area contributed by atoms with Crippen LogP contribution in [-0.2, 0) is 0 Å². The van der Waals surface area contributed by atoms with Gasteiger partial charge in [0.1, 0.15) is 0 Å². The number of nitrogens with one attached hydrogen (secondary N) is 1. The van der Waals surface area contributed by atoms with Crippen LogP contribution in [0.25, 0.3) is 0 Å². The molecule has 1 aromatic carbocycles. The molecule has 0 bridgehead atoms. The number of benzene rings is 1. The summed E-state index contributed by atoms with van der Waals surface area (Å²) in [6, 6.07) is 7.51. The summed E-state index contributed by atoms with van der Waals surface area (Å²) in [6.45, 7) is 5.64. The Balaban J connectivity index is 2.74. The lowest BCUT2D eigenvalue weighted by atomic mass is 10.3. The van der Waals surface area contributed by atoms with Crippen LogP contribution in [0, 0.1) is 0 Å². The van der Waals surface area contributed by atoms with Crippen molar-refractivity contribution in [3.63, 3.8) is 0 Å². The Morgan fingerprint density at radius 1 is 1.36 bits per heavy atom. The Kier molecular flexibility index (Phi) is 2.55. The van der Waals surface area contributed by atoms with E-state index in [1.807, 2.05) is 31.2 Å². The Hall–Kier alpha value is -0.950. The number of allylic oxidation sites excluding steroid dienone is 1. The highest BCUT2D eigenvalue weighted by molar-refractivity contribution is 6.30. The molecule has 0 aliphatic heterocycles. The van der Waals surface area contributed by atoms with Crippen molar-refractivity contribution in [2.24, 2.45) is 0 Å². The van der Waals surface area contributed by atoms with Gasteiger partial charge in [-0.25, -0.2) is 0 Å². The molecule has 1 nitrogen and oxygen atoms in total. The fourth-order valence-electron chi connectivity index (χ4n) is 0.780. The molecule has 0 aromatic heterocycles. The molecule has 0 spiro atoms. The highest BCUT2D eigenvalue weighted by Gasteiger charge is 1.89. The molecule has 11 heavy (non-hydrogen) atoms. The van der Waals surface area contributed by atoms with E-state index in [1.165, 1.54) is 0 Å². The van der Waals surface area contributed by atoms with E-state index in [2.05, 4.69) is 11.9 Å². The molecule has 0 aliphatic rings. The zero-order valence-electron chi connectivity index (χ0n) is 6.39. The van der Waals surface area contributed by atoms with E-state index in [4.69, 9.17) is 11.6 Å². The second-order valence-electron chi connectivity index (χ2n) is 2.41. The number of rotatable bonds is 2. The third-order valence-corrected chi connectivity index (χ3v) is 1.45. The second-order valence-corrected chi connectivity index (χ2v) is 2.85. The molecule has 0 aliphatic carbocycles. The van der Waals surface area contributed by atoms with Gasteiger partial charge in [0.2, 0.25) is 0 Å². The molecule has 1 aromatic rings. The first-order valence-corrected chi connectivity index (χ1v) is 3.74. The minimum Gasteiger partial charge on any atom is -0.360 e. The molecule has 58 valence electrons. The van der Waals surface area contributed by atoms with E-state index in [-0.39, 0.29) is 0 Å². The van der Waals surface area contributed by atoms with E-state index in [9.17, 15) is 0 Å². The summed E-state index contributed by atoms with van der Waals surface area (Å²) in [5.74, 6) is 0. The maximum absolute atomic E-state index is 5.70. The Morgan fingerprint density at radius 3 is 2.36 bits per heavy atom. The van der Waals surface area contributed by atoms with Crippen molar-refractivity contribution in [3.05, 3.63) is 41.6 Å². The Morgan fingerprint density at radius 2 is 1.91 bits per heavy atom. The van der Waals surface area contributed by atoms with E-state index < -0.39 is 0 Å². The van der Waals surface area contributed by atoms with Gasteiger partial charge in [-0.2, -0.15) is 0 Å². The molecule has 0 atom stereocenters. The number of hydrogen-bond acceptors (Lipinski definition) is 1. The molecule has 0 saturated heterocycles. The van der Waals surface area contributed by atoms with E-state index in [1.54, 1.807) is 0 Å². The highest BCUT2D eigenvalue weighted by Crippen LogP contribution is 2.14. The van der Waals surface area contributed by atoms with Crippen molar-refractivity contribution in [2.75, 3.05) is 5.32 Å². The van der Waals surface area contributed by atoms with Gasteiger partial charge in [-0.15, -0.1) is 0 Å². The minimum absolute atomic E-state index is 0.747. The standard InChI is InChI=1S/C9H10ClN/c1-7(2)11-9-5-3-8(10)4-6-9/h3-6,11H,1H2,2H3. The van der Waals surface area contributed by atoms with Gasteiger partial charge in [0.15, 0.2) is 0 Å². The van der Waals surface area contributed by atoms with E-state index in [0.717, 1.165) is 16.4 Å². The van der Waals surface area contributed by atoms with E-state index in [0.29, 0.717) is 0 Å². The monoisotopic (exact) mass is 167 g/mol. The Labute approximate surface area is 71.7 Å². The van der Waals surface area contributed by atoms with Crippen molar-refractivity contribution in [3.8, 4) is 0 Å². The maximum atomic E-state index is 5.70. The number of anilines is 1. The van der Waals surface area contributed by atoms with Crippen LogP contribution in [0.5, 0.6) is 0 Å². The average Bonchev–Trinajstić information content (AvgIpc) is 1.93. The SMILES string of the molecule is C=C(C)Nc1ccc(Cl)cc1. The molecule has 0 amide bonds. The summed E-state index contributed by atoms with van der Waals surface area (Å²) < 4.78 is 0. The zero-order chi connectivity index (χ0) is 8.27. The first-order chi connectivity index (χ1) is 5.18. The third-order valence-electron chi connectivity index (χ3n) is 1.20. The van der Waals surface area contributed by atoms with Crippen LogP contribution in [0.3, 0.4) is 0 Å². The summed E-state index contributed by atoms with van der Waals surface area (Å²) in [6.07, 6.45) is 0. The Bertz CT molecular complexity index is 251. The van der Waals surface area contributed by atoms with Gasteiger partial charge in [0, 0.05) is 16.4 Å². The third kappa shape index (κ3) is 2.64. The average molecular weight is 168 g/mol. The van der Waals surface area contributed by atoms with Crippen LogP contribution in [0.15, 0.2) is 36.5 Å². The molecular weight excluding hydrogens is 158 g/mol. The van der Waals surface area contributed by atoms with Crippen molar-refractivity contribution in [1.29, 1.82) is 0 Å². The summed E-state index contributed by atoms with van der Waals surface area (Å²) in [4.78, 5) is 0. The van der Waals surface area contributed by atoms with Gasteiger partial charge in [-0.3, -0.25) is 0 Å². The second kappa shape index (κ2) is 3.44. The summed E-state index contributed by atoms with van der Waals surface area (Å²) >= 11 is 5.70. The number of halogens is 1. The van der Waals surface area contributed by atoms with Crippen LogP contribution >= 0.6 is 11.6 Å². The lowest BCUT2D eigenvalue weighted by Crippen LogP contribution is -1.92. The molecule has 2 heteroatoms. The molecule has 0 heterocycles. The molecule has 0 saturated carbocycles. The molecule has 0 fully saturated rings. The predicted octanol–water partition coefficient (Wildman–Crippen LogP) is 3.29. The van der Waals surface area contributed by atoms with Gasteiger partial charge in [-0.1, -0.05) is 18.2 Å². The van der Waals surface area contributed by atoms with Crippen LogP contribution in [0.4, 0.5) is 5.69 Å². The van der Waals surface area contributed by atoms with Crippen molar-refractivity contribution < 1.29 is 0 Å². The fourth-order valence-corrected chi connectivity index (χ4v) is 0.906. The summed E-state index contributed by atoms with van der Waals surface area (Å²) in [5.41, 5.74) is 1.94. The number of hydrogen-bond donors (Lipinski definition) is 1. The van der Waals surface area contributed by atoms with Gasteiger partial charge in [0.05, 0.1) is 0 Å². The molecule has 0 radical (unpaired) electrons. The lowest BCUT2D eigenvalue weighted by molar-refractivity contribution is 1.40. The first kappa shape index (κ1) is 8.15. The summed E-state index contributed by atoms with van der Waals surface area (Å²) in [5, 5.41) is 3.83. The normalized spacial score (nSPS) is 9.27. The quantitative estimate of drug-likeness (QED) is 0.713. The minimum atomic E-state index is 0.747. The van der Waals surface area contributed by atoms with Crippen LogP contribution < -0.4 is 5.32 Å².